The molecule has 1 atom stereocenters. The van der Waals surface area contributed by atoms with Crippen molar-refractivity contribution < 1.29 is 14.3 Å². The summed E-state index contributed by atoms with van der Waals surface area (Å²) >= 11 is 0. The van der Waals surface area contributed by atoms with E-state index in [1.54, 1.807) is 24.3 Å². The van der Waals surface area contributed by atoms with Gasteiger partial charge in [-0.25, -0.2) is 4.79 Å². The van der Waals surface area contributed by atoms with Gasteiger partial charge >= 0.3 is 5.97 Å². The Kier molecular flexibility index (Phi) is 4.47. The number of carbonyl (C=O) groups is 2. The summed E-state index contributed by atoms with van der Waals surface area (Å²) in [6.07, 6.45) is 0. The predicted molar refractivity (Wildman–Crippen MR) is 58.7 cm³/mol. The minimum absolute atomic E-state index is 0.185. The Morgan fingerprint density at radius 1 is 1.38 bits per heavy atom. The summed E-state index contributed by atoms with van der Waals surface area (Å²) in [6, 6.07) is 8.00. The van der Waals surface area contributed by atoms with Crippen LogP contribution in [0.3, 0.4) is 0 Å². The molecule has 0 aliphatic carbocycles. The third-order valence-electron chi connectivity index (χ3n) is 1.80. The van der Waals surface area contributed by atoms with Gasteiger partial charge in [-0.3, -0.25) is 4.79 Å². The second-order valence-corrected chi connectivity index (χ2v) is 3.29. The number of para-hydroxylation sites is 1. The van der Waals surface area contributed by atoms with Gasteiger partial charge in [-0.15, -0.1) is 0 Å². The van der Waals surface area contributed by atoms with Gasteiger partial charge < -0.3 is 15.8 Å². The molecule has 1 amide bonds. The number of amides is 1. The molecule has 0 aliphatic heterocycles. The van der Waals surface area contributed by atoms with Crippen LogP contribution in [0.5, 0.6) is 5.75 Å². The Hall–Kier alpha value is -1.88. The SMILES string of the molecule is C[C@H](N)C(=O)NCC(=O)Oc1ccccc1. The number of esters is 1. The van der Waals surface area contributed by atoms with Crippen LogP contribution >= 0.6 is 0 Å². The number of nitrogens with two attached hydrogens (primary N) is 1. The molecule has 0 unspecified atom stereocenters. The zero-order valence-corrected chi connectivity index (χ0v) is 8.97. The molecule has 0 radical (unpaired) electrons. The molecule has 0 aromatic heterocycles. The molecule has 1 aromatic rings. The van der Waals surface area contributed by atoms with E-state index in [1.165, 1.54) is 6.92 Å². The number of hydrogen-bond donors (Lipinski definition) is 2. The summed E-state index contributed by atoms with van der Waals surface area (Å²) < 4.78 is 4.95. The monoisotopic (exact) mass is 222 g/mol. The third kappa shape index (κ3) is 4.10. The maximum absolute atomic E-state index is 11.3. The molecule has 16 heavy (non-hydrogen) atoms. The zero-order valence-electron chi connectivity index (χ0n) is 8.97. The largest absolute Gasteiger partial charge is 0.425 e. The zero-order chi connectivity index (χ0) is 12.0. The molecule has 5 heteroatoms. The normalized spacial score (nSPS) is 11.6. The summed E-state index contributed by atoms with van der Waals surface area (Å²) in [7, 11) is 0. The number of carbonyl (C=O) groups excluding carboxylic acids is 2. The van der Waals surface area contributed by atoms with E-state index < -0.39 is 12.0 Å². The van der Waals surface area contributed by atoms with Crippen molar-refractivity contribution in [2.75, 3.05) is 6.54 Å². The summed E-state index contributed by atoms with van der Waals surface area (Å²) in [4.78, 5) is 22.3. The summed E-state index contributed by atoms with van der Waals surface area (Å²) in [6.45, 7) is 1.35. The second kappa shape index (κ2) is 5.87. The topological polar surface area (TPSA) is 81.4 Å². The maximum Gasteiger partial charge on any atom is 0.330 e. The lowest BCUT2D eigenvalue weighted by Crippen LogP contribution is -2.41. The second-order valence-electron chi connectivity index (χ2n) is 3.29. The van der Waals surface area contributed by atoms with Gasteiger partial charge in [0.15, 0.2) is 0 Å². The highest BCUT2D eigenvalue weighted by Crippen LogP contribution is 2.07. The molecule has 5 nitrogen and oxygen atoms in total. The quantitative estimate of drug-likeness (QED) is 0.557. The Labute approximate surface area is 93.6 Å². The van der Waals surface area contributed by atoms with E-state index in [4.69, 9.17) is 10.5 Å². The Morgan fingerprint density at radius 2 is 2.00 bits per heavy atom. The highest BCUT2D eigenvalue weighted by Gasteiger charge is 2.10. The average molecular weight is 222 g/mol. The first-order valence-electron chi connectivity index (χ1n) is 4.88. The third-order valence-corrected chi connectivity index (χ3v) is 1.80. The first kappa shape index (κ1) is 12.2. The summed E-state index contributed by atoms with van der Waals surface area (Å²) in [5.41, 5.74) is 5.31. The van der Waals surface area contributed by atoms with Crippen molar-refractivity contribution in [3.63, 3.8) is 0 Å². The fraction of sp³-hybridized carbons (Fsp3) is 0.273. The number of rotatable bonds is 4. The minimum atomic E-state index is -0.635. The van der Waals surface area contributed by atoms with Crippen LogP contribution in [0.2, 0.25) is 0 Å². The van der Waals surface area contributed by atoms with Gasteiger partial charge in [0, 0.05) is 0 Å². The summed E-state index contributed by atoms with van der Waals surface area (Å²) in [5.74, 6) is -0.465. The Balaban J connectivity index is 2.35. The van der Waals surface area contributed by atoms with Crippen LogP contribution in [0.15, 0.2) is 30.3 Å². The van der Waals surface area contributed by atoms with Crippen LogP contribution in [0.4, 0.5) is 0 Å². The maximum atomic E-state index is 11.3. The molecule has 0 heterocycles. The van der Waals surface area contributed by atoms with Crippen LogP contribution in [0.1, 0.15) is 6.92 Å². The molecule has 0 bridgehead atoms. The van der Waals surface area contributed by atoms with Crippen molar-refractivity contribution in [3.8, 4) is 5.75 Å². The van der Waals surface area contributed by atoms with Gasteiger partial charge in [0.2, 0.25) is 5.91 Å². The van der Waals surface area contributed by atoms with Crippen LogP contribution in [-0.4, -0.2) is 24.5 Å². The fourth-order valence-corrected chi connectivity index (χ4v) is 0.976. The van der Waals surface area contributed by atoms with Gasteiger partial charge in [0.25, 0.3) is 0 Å². The van der Waals surface area contributed by atoms with E-state index in [0.29, 0.717) is 5.75 Å². The number of hydrogen-bond acceptors (Lipinski definition) is 4. The van der Waals surface area contributed by atoms with E-state index in [2.05, 4.69) is 5.32 Å². The highest BCUT2D eigenvalue weighted by atomic mass is 16.5. The molecule has 0 fully saturated rings. The molecule has 86 valence electrons. The molecular formula is C11H14N2O3. The molecule has 3 N–H and O–H groups in total. The Morgan fingerprint density at radius 3 is 2.56 bits per heavy atom. The van der Waals surface area contributed by atoms with E-state index in [1.807, 2.05) is 6.07 Å². The lowest BCUT2D eigenvalue weighted by atomic mass is 10.3. The fourth-order valence-electron chi connectivity index (χ4n) is 0.976. The van der Waals surface area contributed by atoms with Gasteiger partial charge in [0.05, 0.1) is 6.04 Å². The van der Waals surface area contributed by atoms with Crippen molar-refractivity contribution in [3.05, 3.63) is 30.3 Å². The van der Waals surface area contributed by atoms with Crippen LogP contribution < -0.4 is 15.8 Å². The molecule has 1 rings (SSSR count). The molecule has 0 saturated carbocycles. The van der Waals surface area contributed by atoms with Crippen molar-refractivity contribution in [2.45, 2.75) is 13.0 Å². The predicted octanol–water partition coefficient (Wildman–Crippen LogP) is 0.0554. The van der Waals surface area contributed by atoms with Crippen LogP contribution in [0, 0.1) is 0 Å². The van der Waals surface area contributed by atoms with Gasteiger partial charge in [-0.2, -0.15) is 0 Å². The minimum Gasteiger partial charge on any atom is -0.425 e. The Bertz CT molecular complexity index is 363. The molecule has 0 aliphatic rings. The van der Waals surface area contributed by atoms with E-state index in [9.17, 15) is 9.59 Å². The number of benzene rings is 1. The van der Waals surface area contributed by atoms with Crippen molar-refractivity contribution in [1.29, 1.82) is 0 Å². The van der Waals surface area contributed by atoms with Gasteiger partial charge in [-0.05, 0) is 19.1 Å². The highest BCUT2D eigenvalue weighted by molar-refractivity contribution is 5.85. The first-order chi connectivity index (χ1) is 7.59. The van der Waals surface area contributed by atoms with E-state index in [0.717, 1.165) is 0 Å². The van der Waals surface area contributed by atoms with Crippen molar-refractivity contribution in [2.24, 2.45) is 5.73 Å². The van der Waals surface area contributed by atoms with Crippen LogP contribution in [0.25, 0.3) is 0 Å². The van der Waals surface area contributed by atoms with Gasteiger partial charge in [0.1, 0.15) is 12.3 Å². The molecule has 0 spiro atoms. The van der Waals surface area contributed by atoms with Gasteiger partial charge in [-0.1, -0.05) is 18.2 Å². The average Bonchev–Trinajstić information content (AvgIpc) is 2.27. The lowest BCUT2D eigenvalue weighted by Gasteiger charge is -2.07. The van der Waals surface area contributed by atoms with E-state index in [-0.39, 0.29) is 12.5 Å². The van der Waals surface area contributed by atoms with Crippen molar-refractivity contribution >= 4 is 11.9 Å². The first-order valence-corrected chi connectivity index (χ1v) is 4.88. The number of ether oxygens (including phenoxy) is 1. The van der Waals surface area contributed by atoms with Crippen LogP contribution in [-0.2, 0) is 9.59 Å². The van der Waals surface area contributed by atoms with E-state index >= 15 is 0 Å². The standard InChI is InChI=1S/C11H14N2O3/c1-8(12)11(15)13-7-10(14)16-9-5-3-2-4-6-9/h2-6,8H,7,12H2,1H3,(H,13,15)/t8-/m0/s1. The lowest BCUT2D eigenvalue weighted by molar-refractivity contribution is -0.135. The molecular weight excluding hydrogens is 208 g/mol. The number of nitrogens with one attached hydrogen (secondary N) is 1. The molecule has 0 saturated heterocycles. The summed E-state index contributed by atoms with van der Waals surface area (Å²) in [5, 5.41) is 2.36. The molecule has 1 aromatic carbocycles. The smallest absolute Gasteiger partial charge is 0.330 e. The van der Waals surface area contributed by atoms with Crippen molar-refractivity contribution in [1.82, 2.24) is 5.32 Å².